The first-order valence-corrected chi connectivity index (χ1v) is 15.6. The number of carbonyl (C=O) groups excluding carboxylic acids is 3. The van der Waals surface area contributed by atoms with E-state index < -0.39 is 0 Å². The van der Waals surface area contributed by atoms with E-state index in [0.29, 0.717) is 48.1 Å². The summed E-state index contributed by atoms with van der Waals surface area (Å²) in [4.78, 5) is 41.1. The van der Waals surface area contributed by atoms with E-state index in [-0.39, 0.29) is 17.7 Å². The standard InChI is InChI=1S/C37H38N6O4/c1-41-25-32(22-33(41)36(45)38-15-16-43-17-19-47-20-18-43)40-37(46)34-23-31(24-42(34)2)39-35(44)29-13-9-26(10-14-29)7-8-27-11-12-28-5-3-4-6-30(28)21-27/h3-14,21-25H,15-20H2,1-2H3,(H,38,45)(H,39,44)(H,40,46). The lowest BCUT2D eigenvalue weighted by molar-refractivity contribution is 0.0383. The van der Waals surface area contributed by atoms with E-state index in [9.17, 15) is 14.4 Å². The molecule has 3 aromatic carbocycles. The van der Waals surface area contributed by atoms with E-state index in [2.05, 4.69) is 57.3 Å². The zero-order chi connectivity index (χ0) is 32.8. The second-order valence-electron chi connectivity index (χ2n) is 11.6. The van der Waals surface area contributed by atoms with Gasteiger partial charge in [-0.3, -0.25) is 19.3 Å². The number of fused-ring (bicyclic) bond motifs is 1. The van der Waals surface area contributed by atoms with E-state index in [1.54, 1.807) is 59.9 Å². The normalized spacial score (nSPS) is 13.6. The number of hydrogen-bond donors (Lipinski definition) is 3. The molecule has 0 unspecified atom stereocenters. The molecule has 240 valence electrons. The molecule has 1 aliphatic rings. The zero-order valence-electron chi connectivity index (χ0n) is 26.5. The second kappa shape index (κ2) is 14.3. The number of ether oxygens (including phenoxy) is 1. The van der Waals surface area contributed by atoms with Gasteiger partial charge in [-0.2, -0.15) is 0 Å². The van der Waals surface area contributed by atoms with Gasteiger partial charge < -0.3 is 29.8 Å². The van der Waals surface area contributed by atoms with Gasteiger partial charge in [0.25, 0.3) is 17.7 Å². The molecule has 10 nitrogen and oxygen atoms in total. The highest BCUT2D eigenvalue weighted by molar-refractivity contribution is 6.07. The molecule has 1 aliphatic heterocycles. The van der Waals surface area contributed by atoms with Crippen LogP contribution in [0.15, 0.2) is 91.3 Å². The first-order chi connectivity index (χ1) is 22.8. The minimum atomic E-state index is -0.361. The first-order valence-electron chi connectivity index (χ1n) is 15.6. The van der Waals surface area contributed by atoms with Crippen LogP contribution in [-0.4, -0.2) is 71.1 Å². The largest absolute Gasteiger partial charge is 0.379 e. The summed E-state index contributed by atoms with van der Waals surface area (Å²) in [6, 6.07) is 25.2. The maximum absolute atomic E-state index is 13.1. The number of carbonyl (C=O) groups is 3. The summed E-state index contributed by atoms with van der Waals surface area (Å²) in [6.45, 7) is 4.43. The Morgan fingerprint density at radius 3 is 2.00 bits per heavy atom. The molecule has 0 radical (unpaired) electrons. The van der Waals surface area contributed by atoms with Crippen LogP contribution in [0.5, 0.6) is 0 Å². The maximum Gasteiger partial charge on any atom is 0.272 e. The van der Waals surface area contributed by atoms with Crippen LogP contribution in [0.25, 0.3) is 22.9 Å². The fourth-order valence-electron chi connectivity index (χ4n) is 5.61. The van der Waals surface area contributed by atoms with Crippen molar-refractivity contribution in [2.75, 3.05) is 50.0 Å². The molecule has 0 spiro atoms. The van der Waals surface area contributed by atoms with E-state index in [1.807, 2.05) is 30.3 Å². The minimum Gasteiger partial charge on any atom is -0.379 e. The van der Waals surface area contributed by atoms with Crippen molar-refractivity contribution < 1.29 is 19.1 Å². The maximum atomic E-state index is 13.1. The van der Waals surface area contributed by atoms with Gasteiger partial charge in [0.2, 0.25) is 0 Å². The van der Waals surface area contributed by atoms with Crippen LogP contribution in [0.1, 0.15) is 42.5 Å². The van der Waals surface area contributed by atoms with Gasteiger partial charge in [-0.25, -0.2) is 0 Å². The third-order valence-corrected chi connectivity index (χ3v) is 8.22. The third-order valence-electron chi connectivity index (χ3n) is 8.22. The highest BCUT2D eigenvalue weighted by atomic mass is 16.5. The average molecular weight is 631 g/mol. The van der Waals surface area contributed by atoms with E-state index >= 15 is 0 Å². The van der Waals surface area contributed by atoms with Gasteiger partial charge in [0.15, 0.2) is 0 Å². The van der Waals surface area contributed by atoms with Gasteiger partial charge in [-0.1, -0.05) is 60.7 Å². The molecule has 0 saturated carbocycles. The van der Waals surface area contributed by atoms with Crippen molar-refractivity contribution in [3.05, 3.63) is 119 Å². The highest BCUT2D eigenvalue weighted by Crippen LogP contribution is 2.20. The van der Waals surface area contributed by atoms with E-state index in [1.165, 1.54) is 10.8 Å². The summed E-state index contributed by atoms with van der Waals surface area (Å²) in [5, 5.41) is 11.1. The van der Waals surface area contributed by atoms with Crippen molar-refractivity contribution in [3.8, 4) is 0 Å². The molecular formula is C37H38N6O4. The number of aromatic nitrogens is 2. The van der Waals surface area contributed by atoms with Crippen LogP contribution in [0.3, 0.4) is 0 Å². The Morgan fingerprint density at radius 2 is 1.30 bits per heavy atom. The van der Waals surface area contributed by atoms with E-state index in [0.717, 1.165) is 30.8 Å². The Kier molecular flexibility index (Phi) is 9.61. The van der Waals surface area contributed by atoms with Crippen LogP contribution in [0, 0.1) is 0 Å². The number of benzene rings is 3. The number of amides is 3. The molecule has 3 amide bonds. The van der Waals surface area contributed by atoms with Crippen LogP contribution in [-0.2, 0) is 18.8 Å². The quantitative estimate of drug-likeness (QED) is 0.183. The number of aryl methyl sites for hydroxylation is 2. The predicted octanol–water partition coefficient (Wildman–Crippen LogP) is 5.25. The van der Waals surface area contributed by atoms with Crippen molar-refractivity contribution in [3.63, 3.8) is 0 Å². The zero-order valence-corrected chi connectivity index (χ0v) is 26.5. The fourth-order valence-corrected chi connectivity index (χ4v) is 5.61. The van der Waals surface area contributed by atoms with Crippen LogP contribution in [0.2, 0.25) is 0 Å². The van der Waals surface area contributed by atoms with Crippen molar-refractivity contribution in [2.45, 2.75) is 0 Å². The number of hydrogen-bond acceptors (Lipinski definition) is 5. The molecule has 3 heterocycles. The van der Waals surface area contributed by atoms with Crippen molar-refractivity contribution in [2.24, 2.45) is 14.1 Å². The molecule has 47 heavy (non-hydrogen) atoms. The van der Waals surface area contributed by atoms with Crippen molar-refractivity contribution in [1.82, 2.24) is 19.4 Å². The van der Waals surface area contributed by atoms with Crippen LogP contribution >= 0.6 is 0 Å². The Balaban J connectivity index is 1.02. The van der Waals surface area contributed by atoms with Crippen molar-refractivity contribution >= 4 is 52.0 Å². The highest BCUT2D eigenvalue weighted by Gasteiger charge is 2.18. The van der Waals surface area contributed by atoms with Gasteiger partial charge in [0, 0.05) is 58.2 Å². The smallest absolute Gasteiger partial charge is 0.272 e. The van der Waals surface area contributed by atoms with Gasteiger partial charge in [0.05, 0.1) is 24.6 Å². The SMILES string of the molecule is Cn1cc(NC(=O)c2cc(NC(=O)c3ccc(C=Cc4ccc5ccccc5c4)cc3)cn2C)cc1C(=O)NCCN1CCOCC1. The average Bonchev–Trinajstić information content (AvgIpc) is 3.64. The molecule has 0 atom stereocenters. The fraction of sp³-hybridized carbons (Fsp3) is 0.216. The minimum absolute atomic E-state index is 0.209. The third kappa shape index (κ3) is 7.86. The van der Waals surface area contributed by atoms with Gasteiger partial charge in [-0.15, -0.1) is 0 Å². The Morgan fingerprint density at radius 1 is 0.702 bits per heavy atom. The molecule has 10 heteroatoms. The lowest BCUT2D eigenvalue weighted by Gasteiger charge is -2.26. The number of nitrogens with zero attached hydrogens (tertiary/aromatic N) is 3. The predicted molar refractivity (Wildman–Crippen MR) is 186 cm³/mol. The van der Waals surface area contributed by atoms with Crippen LogP contribution < -0.4 is 16.0 Å². The topological polar surface area (TPSA) is 110 Å². The molecule has 0 bridgehead atoms. The van der Waals surface area contributed by atoms with Crippen LogP contribution in [0.4, 0.5) is 11.4 Å². The van der Waals surface area contributed by atoms with Gasteiger partial charge in [-0.05, 0) is 52.2 Å². The summed E-state index contributed by atoms with van der Waals surface area (Å²) >= 11 is 0. The molecule has 2 aromatic heterocycles. The Hall–Kier alpha value is -5.45. The Bertz CT molecular complexity index is 1930. The summed E-state index contributed by atoms with van der Waals surface area (Å²) in [5.41, 5.74) is 4.37. The number of nitrogens with one attached hydrogen (secondary N) is 3. The van der Waals surface area contributed by atoms with E-state index in [4.69, 9.17) is 4.74 Å². The molecule has 3 N–H and O–H groups in total. The Labute approximate surface area is 273 Å². The molecule has 1 fully saturated rings. The van der Waals surface area contributed by atoms with Gasteiger partial charge >= 0.3 is 0 Å². The molecule has 5 aromatic rings. The van der Waals surface area contributed by atoms with Crippen molar-refractivity contribution in [1.29, 1.82) is 0 Å². The number of rotatable bonds is 10. The number of anilines is 2. The first kappa shape index (κ1) is 31.5. The summed E-state index contributed by atoms with van der Waals surface area (Å²) in [5.74, 6) is -0.848. The molecular weight excluding hydrogens is 592 g/mol. The second-order valence-corrected chi connectivity index (χ2v) is 11.6. The number of morpholine rings is 1. The lowest BCUT2D eigenvalue weighted by Crippen LogP contribution is -2.41. The molecule has 0 aliphatic carbocycles. The molecule has 6 rings (SSSR count). The summed E-state index contributed by atoms with van der Waals surface area (Å²) in [7, 11) is 3.50. The van der Waals surface area contributed by atoms with Gasteiger partial charge in [0.1, 0.15) is 11.4 Å². The summed E-state index contributed by atoms with van der Waals surface area (Å²) in [6.07, 6.45) is 7.45. The molecule has 1 saturated heterocycles. The summed E-state index contributed by atoms with van der Waals surface area (Å²) < 4.78 is 8.69. The lowest BCUT2D eigenvalue weighted by atomic mass is 10.1. The monoisotopic (exact) mass is 630 g/mol.